The first kappa shape index (κ1) is 16.1. The monoisotopic (exact) mass is 365 g/mol. The van der Waals surface area contributed by atoms with Crippen molar-refractivity contribution in [2.75, 3.05) is 5.33 Å². The van der Waals surface area contributed by atoms with Gasteiger partial charge in [0.2, 0.25) is 0 Å². The highest BCUT2D eigenvalue weighted by molar-refractivity contribution is 9.09. The number of alkyl halides is 4. The summed E-state index contributed by atoms with van der Waals surface area (Å²) in [4.78, 5) is 12.2. The van der Waals surface area contributed by atoms with Crippen molar-refractivity contribution >= 4 is 21.8 Å². The summed E-state index contributed by atoms with van der Waals surface area (Å²) in [6.07, 6.45) is -0.805. The maximum Gasteiger partial charge on any atom is 0.573 e. The van der Waals surface area contributed by atoms with E-state index in [9.17, 15) is 18.0 Å². The fraction of sp³-hybridized carbons (Fsp3) is 0.500. The van der Waals surface area contributed by atoms with Crippen LogP contribution in [0.2, 0.25) is 0 Å². The van der Waals surface area contributed by atoms with Crippen molar-refractivity contribution in [3.63, 3.8) is 0 Å². The van der Waals surface area contributed by atoms with E-state index in [-0.39, 0.29) is 17.2 Å². The average molecular weight is 366 g/mol. The summed E-state index contributed by atoms with van der Waals surface area (Å²) in [7, 11) is 0. The van der Waals surface area contributed by atoms with Gasteiger partial charge in [-0.15, -0.1) is 13.2 Å². The van der Waals surface area contributed by atoms with Crippen molar-refractivity contribution in [3.8, 4) is 5.75 Å². The molecule has 1 fully saturated rings. The predicted octanol–water partition coefficient (Wildman–Crippen LogP) is 4.02. The highest BCUT2D eigenvalue weighted by Gasteiger charge is 2.34. The molecule has 0 bridgehead atoms. The van der Waals surface area contributed by atoms with Gasteiger partial charge >= 0.3 is 6.36 Å². The predicted molar refractivity (Wildman–Crippen MR) is 75.6 cm³/mol. The number of carbonyl (C=O) groups excluding carboxylic acids is 1. The summed E-state index contributed by atoms with van der Waals surface area (Å²) in [5.41, 5.74) is 0.0647. The number of benzene rings is 1. The van der Waals surface area contributed by atoms with Gasteiger partial charge in [0.05, 0.1) is 5.54 Å². The van der Waals surface area contributed by atoms with Crippen LogP contribution in [0, 0.1) is 0 Å². The van der Waals surface area contributed by atoms with Gasteiger partial charge in [0.15, 0.2) is 0 Å². The van der Waals surface area contributed by atoms with E-state index in [0.717, 1.165) is 37.8 Å². The Hall–Kier alpha value is -1.24. The van der Waals surface area contributed by atoms with Crippen LogP contribution in [-0.4, -0.2) is 23.1 Å². The van der Waals surface area contributed by atoms with E-state index in [2.05, 4.69) is 26.0 Å². The van der Waals surface area contributed by atoms with Crippen molar-refractivity contribution in [1.82, 2.24) is 5.32 Å². The molecule has 0 saturated heterocycles. The van der Waals surface area contributed by atoms with Crippen LogP contribution in [-0.2, 0) is 0 Å². The highest BCUT2D eigenvalue weighted by atomic mass is 79.9. The van der Waals surface area contributed by atoms with Gasteiger partial charge in [0.25, 0.3) is 5.91 Å². The lowest BCUT2D eigenvalue weighted by atomic mass is 10.00. The lowest BCUT2D eigenvalue weighted by molar-refractivity contribution is -0.274. The largest absolute Gasteiger partial charge is 0.573 e. The molecule has 1 amide bonds. The van der Waals surface area contributed by atoms with Crippen LogP contribution in [0.4, 0.5) is 13.2 Å². The van der Waals surface area contributed by atoms with Gasteiger partial charge in [-0.2, -0.15) is 0 Å². The normalized spacial score (nSPS) is 17.5. The van der Waals surface area contributed by atoms with Crippen LogP contribution in [0.5, 0.6) is 5.75 Å². The fourth-order valence-electron chi connectivity index (χ4n) is 2.46. The maximum absolute atomic E-state index is 12.2. The zero-order valence-corrected chi connectivity index (χ0v) is 12.8. The van der Waals surface area contributed by atoms with Crippen molar-refractivity contribution in [3.05, 3.63) is 29.8 Å². The molecule has 116 valence electrons. The lowest BCUT2D eigenvalue weighted by Crippen LogP contribution is -2.47. The van der Waals surface area contributed by atoms with Crippen LogP contribution >= 0.6 is 15.9 Å². The molecule has 0 aliphatic heterocycles. The molecule has 0 aromatic heterocycles. The molecule has 0 spiro atoms. The number of nitrogens with one attached hydrogen (secondary N) is 1. The molecule has 0 heterocycles. The molecule has 0 radical (unpaired) electrons. The van der Waals surface area contributed by atoms with Gasteiger partial charge in [-0.25, -0.2) is 0 Å². The van der Waals surface area contributed by atoms with Gasteiger partial charge in [-0.1, -0.05) is 28.8 Å². The molecule has 7 heteroatoms. The van der Waals surface area contributed by atoms with E-state index in [4.69, 9.17) is 0 Å². The molecule has 1 aromatic rings. The summed E-state index contributed by atoms with van der Waals surface area (Å²) in [6, 6.07) is 4.93. The van der Waals surface area contributed by atoms with Crippen LogP contribution in [0.25, 0.3) is 0 Å². The van der Waals surface area contributed by atoms with E-state index >= 15 is 0 Å². The Bertz CT molecular complexity index is 496. The highest BCUT2D eigenvalue weighted by Crippen LogP contribution is 2.31. The van der Waals surface area contributed by atoms with Gasteiger partial charge in [-0.3, -0.25) is 4.79 Å². The summed E-state index contributed by atoms with van der Waals surface area (Å²) in [5, 5.41) is 3.64. The molecule has 3 nitrogen and oxygen atoms in total. The van der Waals surface area contributed by atoms with Gasteiger partial charge in [0.1, 0.15) is 5.75 Å². The van der Waals surface area contributed by atoms with Crippen molar-refractivity contribution in [2.45, 2.75) is 37.6 Å². The maximum atomic E-state index is 12.2. The number of carbonyl (C=O) groups is 1. The molecule has 2 rings (SSSR count). The standard InChI is InChI=1S/C14H15BrF3NO2/c15-9-13(7-1-2-8-13)19-12(20)10-3-5-11(6-4-10)21-14(16,17)18/h3-6H,1-2,7-9H2,(H,19,20). The SMILES string of the molecule is O=C(NC1(CBr)CCCC1)c1ccc(OC(F)(F)F)cc1. The first-order chi connectivity index (χ1) is 9.84. The molecular formula is C14H15BrF3NO2. The minimum atomic E-state index is -4.73. The molecule has 0 unspecified atom stereocenters. The minimum absolute atomic E-state index is 0.252. The molecule has 0 atom stereocenters. The summed E-state index contributed by atoms with van der Waals surface area (Å²) in [5.74, 6) is -0.620. The fourth-order valence-corrected chi connectivity index (χ4v) is 3.17. The third-order valence-electron chi connectivity index (χ3n) is 3.55. The number of halogens is 4. The second kappa shape index (κ2) is 6.25. The number of amides is 1. The summed E-state index contributed by atoms with van der Waals surface area (Å²) in [6.45, 7) is 0. The van der Waals surface area contributed by atoms with Crippen molar-refractivity contribution in [1.29, 1.82) is 0 Å². The van der Waals surface area contributed by atoms with Crippen LogP contribution < -0.4 is 10.1 Å². The van der Waals surface area contributed by atoms with Gasteiger partial charge in [-0.05, 0) is 37.1 Å². The molecule has 1 aromatic carbocycles. The molecule has 21 heavy (non-hydrogen) atoms. The van der Waals surface area contributed by atoms with Crippen LogP contribution in [0.3, 0.4) is 0 Å². The van der Waals surface area contributed by atoms with E-state index in [1.54, 1.807) is 0 Å². The Morgan fingerprint density at radius 2 is 1.81 bits per heavy atom. The molecule has 1 N–H and O–H groups in total. The third-order valence-corrected chi connectivity index (χ3v) is 4.62. The van der Waals surface area contributed by atoms with E-state index < -0.39 is 6.36 Å². The third kappa shape index (κ3) is 4.36. The lowest BCUT2D eigenvalue weighted by Gasteiger charge is -2.28. The van der Waals surface area contributed by atoms with E-state index in [0.29, 0.717) is 10.9 Å². The van der Waals surface area contributed by atoms with Gasteiger partial charge in [0, 0.05) is 10.9 Å². The van der Waals surface area contributed by atoms with E-state index in [1.165, 1.54) is 12.1 Å². The minimum Gasteiger partial charge on any atom is -0.406 e. The summed E-state index contributed by atoms with van der Waals surface area (Å²) < 4.78 is 40.0. The van der Waals surface area contributed by atoms with Crippen molar-refractivity contribution < 1.29 is 22.7 Å². The van der Waals surface area contributed by atoms with Crippen molar-refractivity contribution in [2.24, 2.45) is 0 Å². The Kier molecular flexibility index (Phi) is 4.81. The zero-order valence-electron chi connectivity index (χ0n) is 11.2. The van der Waals surface area contributed by atoms with Gasteiger partial charge < -0.3 is 10.1 Å². The molecule has 1 aliphatic rings. The molecule has 1 saturated carbocycles. The van der Waals surface area contributed by atoms with Crippen LogP contribution in [0.1, 0.15) is 36.0 Å². The molecular weight excluding hydrogens is 351 g/mol. The average Bonchev–Trinajstić information content (AvgIpc) is 2.87. The first-order valence-corrected chi connectivity index (χ1v) is 7.70. The Morgan fingerprint density at radius 1 is 1.24 bits per heavy atom. The van der Waals surface area contributed by atoms with Crippen LogP contribution in [0.15, 0.2) is 24.3 Å². The quantitative estimate of drug-likeness (QED) is 0.818. The Morgan fingerprint density at radius 3 is 2.29 bits per heavy atom. The number of hydrogen-bond donors (Lipinski definition) is 1. The number of hydrogen-bond acceptors (Lipinski definition) is 2. The number of ether oxygens (including phenoxy) is 1. The zero-order chi connectivity index (χ0) is 15.5. The first-order valence-electron chi connectivity index (χ1n) is 6.58. The smallest absolute Gasteiger partial charge is 0.406 e. The Balaban J connectivity index is 2.03. The molecule has 1 aliphatic carbocycles. The topological polar surface area (TPSA) is 38.3 Å². The van der Waals surface area contributed by atoms with E-state index in [1.807, 2.05) is 0 Å². The number of rotatable bonds is 4. The summed E-state index contributed by atoms with van der Waals surface area (Å²) >= 11 is 3.42. The second-order valence-electron chi connectivity index (χ2n) is 5.15. The second-order valence-corrected chi connectivity index (χ2v) is 5.71. The Labute approximate surface area is 129 Å².